The van der Waals surface area contributed by atoms with E-state index in [1.165, 1.54) is 0 Å². The van der Waals surface area contributed by atoms with Crippen molar-refractivity contribution in [2.75, 3.05) is 25.5 Å². The molecule has 5 heteroatoms. The highest BCUT2D eigenvalue weighted by Crippen LogP contribution is 2.33. The van der Waals surface area contributed by atoms with Crippen LogP contribution in [0.5, 0.6) is 0 Å². The number of hydrogen-bond acceptors (Lipinski definition) is 4. The van der Waals surface area contributed by atoms with E-state index < -0.39 is 0 Å². The number of rotatable bonds is 4. The third-order valence-electron chi connectivity index (χ3n) is 5.17. The molecule has 142 valence electrons. The highest BCUT2D eigenvalue weighted by atomic mass is 16.2. The molecule has 0 unspecified atom stereocenters. The molecule has 0 aliphatic carbocycles. The molecule has 1 aliphatic heterocycles. The van der Waals surface area contributed by atoms with Crippen LogP contribution in [0.3, 0.4) is 0 Å². The first-order valence-electron chi connectivity index (χ1n) is 9.60. The summed E-state index contributed by atoms with van der Waals surface area (Å²) in [5, 5.41) is 0. The Labute approximate surface area is 165 Å². The van der Waals surface area contributed by atoms with E-state index in [0.717, 1.165) is 41.9 Å². The number of anilines is 1. The molecule has 1 atom stereocenters. The zero-order chi connectivity index (χ0) is 19.5. The molecular weight excluding hydrogens is 348 g/mol. The van der Waals surface area contributed by atoms with Crippen LogP contribution >= 0.6 is 0 Å². The van der Waals surface area contributed by atoms with Crippen molar-refractivity contribution in [3.8, 4) is 11.4 Å². The van der Waals surface area contributed by atoms with Crippen molar-refractivity contribution in [1.29, 1.82) is 0 Å². The number of carbonyl (C=O) groups excluding carboxylic acids is 1. The van der Waals surface area contributed by atoms with Crippen LogP contribution < -0.4 is 4.90 Å². The Hall–Kier alpha value is -3.21. The summed E-state index contributed by atoms with van der Waals surface area (Å²) in [6.07, 6.45) is 3.69. The SMILES string of the molecule is CN(C)c1cccc(C(=O)N2CCC[C@@H]2c2ccnc(-c3ccccc3)n2)c1. The van der Waals surface area contributed by atoms with Gasteiger partial charge in [-0.3, -0.25) is 4.79 Å². The molecule has 1 fully saturated rings. The highest BCUT2D eigenvalue weighted by Gasteiger charge is 2.32. The largest absolute Gasteiger partial charge is 0.378 e. The number of nitrogens with zero attached hydrogens (tertiary/aromatic N) is 4. The summed E-state index contributed by atoms with van der Waals surface area (Å²) >= 11 is 0. The van der Waals surface area contributed by atoms with E-state index in [1.54, 1.807) is 6.20 Å². The lowest BCUT2D eigenvalue weighted by Crippen LogP contribution is -2.31. The van der Waals surface area contributed by atoms with Gasteiger partial charge in [-0.2, -0.15) is 0 Å². The molecule has 28 heavy (non-hydrogen) atoms. The molecule has 2 aromatic carbocycles. The number of likely N-dealkylation sites (tertiary alicyclic amines) is 1. The summed E-state index contributed by atoms with van der Waals surface area (Å²) in [6, 6.07) is 19.6. The van der Waals surface area contributed by atoms with Gasteiger partial charge in [0.1, 0.15) is 0 Å². The minimum atomic E-state index is -0.0130. The highest BCUT2D eigenvalue weighted by molar-refractivity contribution is 5.95. The Balaban J connectivity index is 1.62. The van der Waals surface area contributed by atoms with Gasteiger partial charge in [0.15, 0.2) is 5.82 Å². The van der Waals surface area contributed by atoms with Crippen LogP contribution in [0.1, 0.15) is 34.9 Å². The normalized spacial score (nSPS) is 16.2. The van der Waals surface area contributed by atoms with Crippen molar-refractivity contribution in [2.24, 2.45) is 0 Å². The Kier molecular flexibility index (Phi) is 5.06. The van der Waals surface area contributed by atoms with Crippen LogP contribution in [0.2, 0.25) is 0 Å². The van der Waals surface area contributed by atoms with Gasteiger partial charge in [0, 0.05) is 43.7 Å². The molecule has 0 bridgehead atoms. The van der Waals surface area contributed by atoms with Gasteiger partial charge >= 0.3 is 0 Å². The number of benzene rings is 2. The van der Waals surface area contributed by atoms with Crippen molar-refractivity contribution in [3.05, 3.63) is 78.1 Å². The van der Waals surface area contributed by atoms with E-state index in [-0.39, 0.29) is 11.9 Å². The minimum Gasteiger partial charge on any atom is -0.378 e. The quantitative estimate of drug-likeness (QED) is 0.689. The molecule has 4 rings (SSSR count). The fourth-order valence-electron chi connectivity index (χ4n) is 3.68. The molecule has 1 amide bonds. The van der Waals surface area contributed by atoms with Gasteiger partial charge in [-0.05, 0) is 37.1 Å². The lowest BCUT2D eigenvalue weighted by Gasteiger charge is -2.25. The van der Waals surface area contributed by atoms with Crippen molar-refractivity contribution >= 4 is 11.6 Å². The molecular formula is C23H24N4O. The standard InChI is InChI=1S/C23H24N4O/c1-26(2)19-11-6-10-18(16-19)23(28)27-15-7-12-21(27)20-13-14-24-22(25-20)17-8-4-3-5-9-17/h3-6,8-11,13-14,16,21H,7,12,15H2,1-2H3/t21-/m1/s1. The summed E-state index contributed by atoms with van der Waals surface area (Å²) in [5.41, 5.74) is 3.63. The maximum atomic E-state index is 13.2. The second kappa shape index (κ2) is 7.80. The van der Waals surface area contributed by atoms with Gasteiger partial charge in [-0.25, -0.2) is 9.97 Å². The average Bonchev–Trinajstić information content (AvgIpc) is 3.24. The topological polar surface area (TPSA) is 49.3 Å². The zero-order valence-corrected chi connectivity index (χ0v) is 16.2. The first kappa shape index (κ1) is 18.2. The van der Waals surface area contributed by atoms with E-state index in [1.807, 2.05) is 84.6 Å². The third kappa shape index (κ3) is 3.60. The Morgan fingerprint density at radius 1 is 1.07 bits per heavy atom. The molecule has 5 nitrogen and oxygen atoms in total. The molecule has 0 spiro atoms. The maximum absolute atomic E-state index is 13.2. The van der Waals surface area contributed by atoms with Crippen LogP contribution in [0.4, 0.5) is 5.69 Å². The van der Waals surface area contributed by atoms with Gasteiger partial charge in [0.05, 0.1) is 11.7 Å². The molecule has 2 heterocycles. The van der Waals surface area contributed by atoms with Gasteiger partial charge in [0.2, 0.25) is 0 Å². The zero-order valence-electron chi connectivity index (χ0n) is 16.2. The second-order valence-electron chi connectivity index (χ2n) is 7.27. The van der Waals surface area contributed by atoms with E-state index in [2.05, 4.69) is 4.98 Å². The van der Waals surface area contributed by atoms with Crippen LogP contribution in [0.15, 0.2) is 66.9 Å². The van der Waals surface area contributed by atoms with Gasteiger partial charge in [0.25, 0.3) is 5.91 Å². The summed E-state index contributed by atoms with van der Waals surface area (Å²) in [5.74, 6) is 0.762. The molecule has 0 saturated carbocycles. The predicted octanol–water partition coefficient (Wildman–Crippen LogP) is 4.19. The van der Waals surface area contributed by atoms with Crippen LogP contribution in [-0.4, -0.2) is 41.4 Å². The predicted molar refractivity (Wildman–Crippen MR) is 111 cm³/mol. The number of hydrogen-bond donors (Lipinski definition) is 0. The van der Waals surface area contributed by atoms with Crippen molar-refractivity contribution in [3.63, 3.8) is 0 Å². The number of amides is 1. The summed E-state index contributed by atoms with van der Waals surface area (Å²) in [6.45, 7) is 0.750. The Morgan fingerprint density at radius 3 is 2.68 bits per heavy atom. The van der Waals surface area contributed by atoms with E-state index >= 15 is 0 Å². The lowest BCUT2D eigenvalue weighted by atomic mass is 10.1. The lowest BCUT2D eigenvalue weighted by molar-refractivity contribution is 0.0733. The molecule has 0 N–H and O–H groups in total. The molecule has 0 radical (unpaired) electrons. The summed E-state index contributed by atoms with van der Waals surface area (Å²) in [4.78, 5) is 26.4. The average molecular weight is 372 g/mol. The van der Waals surface area contributed by atoms with Gasteiger partial charge < -0.3 is 9.80 Å². The van der Waals surface area contributed by atoms with Crippen LogP contribution in [0.25, 0.3) is 11.4 Å². The third-order valence-corrected chi connectivity index (χ3v) is 5.17. The molecule has 1 aromatic heterocycles. The van der Waals surface area contributed by atoms with Crippen LogP contribution in [0, 0.1) is 0 Å². The molecule has 1 saturated heterocycles. The van der Waals surface area contributed by atoms with Gasteiger partial charge in [-0.1, -0.05) is 36.4 Å². The number of carbonyl (C=O) groups is 1. The first-order valence-corrected chi connectivity index (χ1v) is 9.60. The Bertz CT molecular complexity index is 971. The maximum Gasteiger partial charge on any atom is 0.254 e. The fourth-order valence-corrected chi connectivity index (χ4v) is 3.68. The molecule has 1 aliphatic rings. The Morgan fingerprint density at radius 2 is 1.89 bits per heavy atom. The molecule has 3 aromatic rings. The van der Waals surface area contributed by atoms with Crippen LogP contribution in [-0.2, 0) is 0 Å². The van der Waals surface area contributed by atoms with Gasteiger partial charge in [-0.15, -0.1) is 0 Å². The van der Waals surface area contributed by atoms with Crippen molar-refractivity contribution in [1.82, 2.24) is 14.9 Å². The van der Waals surface area contributed by atoms with Crippen molar-refractivity contribution < 1.29 is 4.79 Å². The van der Waals surface area contributed by atoms with E-state index in [4.69, 9.17) is 4.98 Å². The van der Waals surface area contributed by atoms with E-state index in [0.29, 0.717) is 5.82 Å². The minimum absolute atomic E-state index is 0.0130. The summed E-state index contributed by atoms with van der Waals surface area (Å²) in [7, 11) is 3.96. The summed E-state index contributed by atoms with van der Waals surface area (Å²) < 4.78 is 0. The fraction of sp³-hybridized carbons (Fsp3) is 0.261. The first-order chi connectivity index (χ1) is 13.6. The monoisotopic (exact) mass is 372 g/mol. The number of aromatic nitrogens is 2. The van der Waals surface area contributed by atoms with E-state index in [9.17, 15) is 4.79 Å². The van der Waals surface area contributed by atoms with Crippen molar-refractivity contribution in [2.45, 2.75) is 18.9 Å². The second-order valence-corrected chi connectivity index (χ2v) is 7.27. The smallest absolute Gasteiger partial charge is 0.254 e.